The van der Waals surface area contributed by atoms with Gasteiger partial charge in [-0.05, 0) is 52.6 Å². The molecule has 6 rings (SSSR count). The largest absolute Gasteiger partial charge is 0.337 e. The molecule has 6 aromatic rings. The highest BCUT2D eigenvalue weighted by molar-refractivity contribution is 5.80. The monoisotopic (exact) mass is 532 g/mol. The van der Waals surface area contributed by atoms with Crippen molar-refractivity contribution in [2.24, 2.45) is 0 Å². The van der Waals surface area contributed by atoms with Crippen LogP contribution in [0.1, 0.15) is 31.7 Å². The van der Waals surface area contributed by atoms with E-state index < -0.39 is 0 Å². The van der Waals surface area contributed by atoms with Crippen LogP contribution in [0.4, 0.5) is 0 Å². The second-order valence-corrected chi connectivity index (χ2v) is 9.53. The first-order valence-electron chi connectivity index (χ1n) is 13.3. The predicted molar refractivity (Wildman–Crippen MR) is 153 cm³/mol. The van der Waals surface area contributed by atoms with E-state index in [0.29, 0.717) is 35.6 Å². The SMILES string of the molecule is CCCc1nc2c(c(=O)n(CC)c(=O)n2-c2ccccc2)n1Cc1ccc(-c2ccccc2-c2nnn[nH]2)cc1. The highest BCUT2D eigenvalue weighted by Crippen LogP contribution is 2.30. The van der Waals surface area contributed by atoms with Gasteiger partial charge in [0.15, 0.2) is 17.0 Å². The van der Waals surface area contributed by atoms with Crippen LogP contribution in [0.3, 0.4) is 0 Å². The summed E-state index contributed by atoms with van der Waals surface area (Å²) in [4.78, 5) is 31.9. The summed E-state index contributed by atoms with van der Waals surface area (Å²) in [6.07, 6.45) is 1.53. The maximum atomic E-state index is 13.7. The third-order valence-electron chi connectivity index (χ3n) is 7.05. The van der Waals surface area contributed by atoms with Gasteiger partial charge in [0.25, 0.3) is 5.56 Å². The maximum absolute atomic E-state index is 13.7. The molecule has 0 aliphatic rings. The number of rotatable bonds is 8. The Kier molecular flexibility index (Phi) is 6.65. The van der Waals surface area contributed by atoms with Crippen molar-refractivity contribution >= 4 is 11.2 Å². The normalized spacial score (nSPS) is 11.3. The average molecular weight is 533 g/mol. The average Bonchev–Trinajstić information content (AvgIpc) is 3.64. The molecule has 0 spiro atoms. The van der Waals surface area contributed by atoms with Crippen LogP contribution in [0.5, 0.6) is 0 Å². The number of benzene rings is 3. The zero-order chi connectivity index (χ0) is 27.6. The smallest absolute Gasteiger partial charge is 0.318 e. The lowest BCUT2D eigenvalue weighted by atomic mass is 9.98. The first kappa shape index (κ1) is 25.2. The van der Waals surface area contributed by atoms with Gasteiger partial charge in [0.2, 0.25) is 0 Å². The number of aryl methyl sites for hydroxylation is 1. The molecule has 200 valence electrons. The molecule has 3 aromatic heterocycles. The molecule has 0 aliphatic heterocycles. The van der Waals surface area contributed by atoms with Crippen LogP contribution in [-0.4, -0.2) is 39.3 Å². The summed E-state index contributed by atoms with van der Waals surface area (Å²) in [5.74, 6) is 1.38. The number of fused-ring (bicyclic) bond motifs is 1. The quantitative estimate of drug-likeness (QED) is 0.314. The zero-order valence-electron chi connectivity index (χ0n) is 22.3. The summed E-state index contributed by atoms with van der Waals surface area (Å²) in [6, 6.07) is 25.5. The molecule has 0 radical (unpaired) electrons. The maximum Gasteiger partial charge on any atom is 0.337 e. The number of imidazole rings is 1. The molecule has 0 atom stereocenters. The van der Waals surface area contributed by atoms with E-state index in [4.69, 9.17) is 4.98 Å². The Morgan fingerprint density at radius 3 is 2.23 bits per heavy atom. The molecule has 40 heavy (non-hydrogen) atoms. The Balaban J connectivity index is 1.47. The number of H-pyrrole nitrogens is 1. The van der Waals surface area contributed by atoms with Crippen molar-refractivity contribution in [2.75, 3.05) is 0 Å². The highest BCUT2D eigenvalue weighted by atomic mass is 16.2. The highest BCUT2D eigenvalue weighted by Gasteiger charge is 2.22. The van der Waals surface area contributed by atoms with E-state index in [9.17, 15) is 9.59 Å². The number of tetrazole rings is 1. The summed E-state index contributed by atoms with van der Waals surface area (Å²) in [5.41, 5.74) is 4.74. The molecular weight excluding hydrogens is 504 g/mol. The Labute approximate surface area is 229 Å². The van der Waals surface area contributed by atoms with Crippen molar-refractivity contribution in [3.05, 3.63) is 111 Å². The fourth-order valence-corrected chi connectivity index (χ4v) is 5.14. The first-order valence-corrected chi connectivity index (χ1v) is 13.3. The first-order chi connectivity index (χ1) is 19.6. The van der Waals surface area contributed by atoms with Crippen molar-refractivity contribution in [2.45, 2.75) is 39.8 Å². The summed E-state index contributed by atoms with van der Waals surface area (Å²) >= 11 is 0. The van der Waals surface area contributed by atoms with E-state index in [2.05, 4.69) is 51.8 Å². The number of hydrogen-bond acceptors (Lipinski definition) is 6. The molecule has 0 amide bonds. The van der Waals surface area contributed by atoms with E-state index in [1.54, 1.807) is 4.57 Å². The number of aromatic nitrogens is 8. The Hall–Kier alpha value is -5.12. The zero-order valence-corrected chi connectivity index (χ0v) is 22.3. The number of nitrogens with one attached hydrogen (secondary N) is 1. The third-order valence-corrected chi connectivity index (χ3v) is 7.05. The molecule has 10 heteroatoms. The van der Waals surface area contributed by atoms with Crippen LogP contribution in [-0.2, 0) is 19.5 Å². The van der Waals surface area contributed by atoms with E-state index in [1.165, 1.54) is 4.57 Å². The van der Waals surface area contributed by atoms with Gasteiger partial charge in [-0.3, -0.25) is 9.36 Å². The molecule has 1 N–H and O–H groups in total. The van der Waals surface area contributed by atoms with Crippen molar-refractivity contribution in [1.29, 1.82) is 0 Å². The molecule has 0 fully saturated rings. The van der Waals surface area contributed by atoms with E-state index in [1.807, 2.05) is 66.1 Å². The molecule has 0 saturated heterocycles. The van der Waals surface area contributed by atoms with Gasteiger partial charge in [0, 0.05) is 25.1 Å². The molecule has 3 heterocycles. The Morgan fingerprint density at radius 2 is 1.55 bits per heavy atom. The van der Waals surface area contributed by atoms with Crippen molar-refractivity contribution in [3.8, 4) is 28.2 Å². The van der Waals surface area contributed by atoms with Crippen molar-refractivity contribution in [3.63, 3.8) is 0 Å². The molecular formula is C30H28N8O2. The molecule has 0 bridgehead atoms. The fourth-order valence-electron chi connectivity index (χ4n) is 5.14. The van der Waals surface area contributed by atoms with Gasteiger partial charge in [-0.15, -0.1) is 5.10 Å². The van der Waals surface area contributed by atoms with Crippen LogP contribution in [0.2, 0.25) is 0 Å². The predicted octanol–water partition coefficient (Wildman–Crippen LogP) is 4.22. The fraction of sp³-hybridized carbons (Fsp3) is 0.200. The van der Waals surface area contributed by atoms with Gasteiger partial charge in [-0.2, -0.15) is 0 Å². The summed E-state index contributed by atoms with van der Waals surface area (Å²) in [6.45, 7) is 4.60. The third kappa shape index (κ3) is 4.33. The van der Waals surface area contributed by atoms with E-state index in [0.717, 1.165) is 34.5 Å². The Bertz CT molecular complexity index is 1900. The van der Waals surface area contributed by atoms with Gasteiger partial charge in [0.1, 0.15) is 5.82 Å². The van der Waals surface area contributed by atoms with Crippen LogP contribution < -0.4 is 11.2 Å². The molecule has 10 nitrogen and oxygen atoms in total. The lowest BCUT2D eigenvalue weighted by Crippen LogP contribution is -2.39. The van der Waals surface area contributed by atoms with Gasteiger partial charge in [0.05, 0.1) is 5.69 Å². The van der Waals surface area contributed by atoms with Crippen LogP contribution >= 0.6 is 0 Å². The lowest BCUT2D eigenvalue weighted by Gasteiger charge is -2.13. The number of aromatic amines is 1. The minimum Gasteiger partial charge on any atom is -0.318 e. The van der Waals surface area contributed by atoms with Crippen molar-refractivity contribution in [1.82, 2.24) is 39.3 Å². The minimum atomic E-state index is -0.385. The van der Waals surface area contributed by atoms with Crippen LogP contribution in [0.15, 0.2) is 88.5 Å². The van der Waals surface area contributed by atoms with Gasteiger partial charge in [-0.25, -0.2) is 19.4 Å². The molecule has 3 aromatic carbocycles. The summed E-state index contributed by atoms with van der Waals surface area (Å²) in [5, 5.41) is 14.3. The van der Waals surface area contributed by atoms with Crippen LogP contribution in [0.25, 0.3) is 39.4 Å². The second-order valence-electron chi connectivity index (χ2n) is 9.53. The standard InChI is InChI=1S/C30H28N8O2/c1-3-10-25-31-28-26(29(39)36(4-2)30(40)38(28)22-11-6-5-7-12-22)37(25)19-20-15-17-21(18-16-20)23-13-8-9-14-24(23)27-32-34-35-33-27/h5-9,11-18H,3-4,10,19H2,1-2H3,(H,32,33,34,35). The van der Waals surface area contributed by atoms with Crippen molar-refractivity contribution < 1.29 is 0 Å². The van der Waals surface area contributed by atoms with E-state index in [-0.39, 0.29) is 17.8 Å². The minimum absolute atomic E-state index is 0.267. The molecule has 0 saturated carbocycles. The summed E-state index contributed by atoms with van der Waals surface area (Å²) < 4.78 is 4.80. The van der Waals surface area contributed by atoms with Crippen LogP contribution in [0, 0.1) is 0 Å². The number of nitrogens with zero attached hydrogens (tertiary/aromatic N) is 7. The van der Waals surface area contributed by atoms with Gasteiger partial charge >= 0.3 is 5.69 Å². The van der Waals surface area contributed by atoms with Gasteiger partial charge < -0.3 is 4.57 Å². The lowest BCUT2D eigenvalue weighted by molar-refractivity contribution is 0.653. The Morgan fingerprint density at radius 1 is 0.825 bits per heavy atom. The molecule has 0 unspecified atom stereocenters. The second kappa shape index (κ2) is 10.6. The van der Waals surface area contributed by atoms with Gasteiger partial charge in [-0.1, -0.05) is 73.7 Å². The van der Waals surface area contributed by atoms with E-state index >= 15 is 0 Å². The number of hydrogen-bond donors (Lipinski definition) is 1. The molecule has 0 aliphatic carbocycles. The topological polar surface area (TPSA) is 116 Å². The number of para-hydroxylation sites is 1. The summed E-state index contributed by atoms with van der Waals surface area (Å²) in [7, 11) is 0.